The molecule has 0 saturated heterocycles. The molecule has 0 atom stereocenters. The van der Waals surface area contributed by atoms with Gasteiger partial charge >= 0.3 is 0 Å². The lowest BCUT2D eigenvalue weighted by atomic mass is 10.1. The van der Waals surface area contributed by atoms with Gasteiger partial charge in [-0.3, -0.25) is 4.98 Å². The van der Waals surface area contributed by atoms with Crippen LogP contribution in [0.3, 0.4) is 0 Å². The first kappa shape index (κ1) is 11.7. The SMILES string of the molecule is CCc1cnccc1-c1nccc(CCN)n1. The lowest BCUT2D eigenvalue weighted by Gasteiger charge is -2.06. The van der Waals surface area contributed by atoms with Crippen LogP contribution in [0.4, 0.5) is 0 Å². The zero-order valence-electron chi connectivity index (χ0n) is 9.93. The maximum absolute atomic E-state index is 5.53. The minimum Gasteiger partial charge on any atom is -0.330 e. The van der Waals surface area contributed by atoms with Gasteiger partial charge in [0.15, 0.2) is 5.82 Å². The first-order valence-corrected chi connectivity index (χ1v) is 5.80. The molecule has 2 aromatic heterocycles. The van der Waals surface area contributed by atoms with Gasteiger partial charge in [-0.25, -0.2) is 9.97 Å². The Morgan fingerprint density at radius 2 is 2.12 bits per heavy atom. The van der Waals surface area contributed by atoms with E-state index in [1.165, 1.54) is 0 Å². The van der Waals surface area contributed by atoms with Crippen LogP contribution in [-0.2, 0) is 12.8 Å². The highest BCUT2D eigenvalue weighted by Gasteiger charge is 2.06. The average Bonchev–Trinajstić information content (AvgIpc) is 2.39. The molecule has 0 bridgehead atoms. The van der Waals surface area contributed by atoms with E-state index in [0.29, 0.717) is 6.54 Å². The van der Waals surface area contributed by atoms with Crippen molar-refractivity contribution in [2.75, 3.05) is 6.54 Å². The topological polar surface area (TPSA) is 64.7 Å². The first-order chi connectivity index (χ1) is 8.35. The Balaban J connectivity index is 2.41. The number of aryl methyl sites for hydroxylation is 1. The quantitative estimate of drug-likeness (QED) is 0.863. The highest BCUT2D eigenvalue weighted by atomic mass is 14.9. The Morgan fingerprint density at radius 1 is 1.24 bits per heavy atom. The molecule has 88 valence electrons. The normalized spacial score (nSPS) is 10.5. The van der Waals surface area contributed by atoms with Crippen molar-refractivity contribution in [1.29, 1.82) is 0 Å². The van der Waals surface area contributed by atoms with E-state index >= 15 is 0 Å². The lowest BCUT2D eigenvalue weighted by Crippen LogP contribution is -2.05. The summed E-state index contributed by atoms with van der Waals surface area (Å²) in [6, 6.07) is 3.86. The van der Waals surface area contributed by atoms with Crippen molar-refractivity contribution >= 4 is 0 Å². The molecule has 0 unspecified atom stereocenters. The molecule has 0 radical (unpaired) electrons. The predicted molar refractivity (Wildman–Crippen MR) is 67.4 cm³/mol. The summed E-state index contributed by atoms with van der Waals surface area (Å²) in [4.78, 5) is 13.0. The monoisotopic (exact) mass is 228 g/mol. The standard InChI is InChI=1S/C13H16N4/c1-2-10-9-15-7-5-12(10)13-16-8-4-11(17-13)3-6-14/h4-5,7-9H,2-3,6,14H2,1H3. The van der Waals surface area contributed by atoms with Crippen LogP contribution in [0.1, 0.15) is 18.2 Å². The van der Waals surface area contributed by atoms with E-state index in [-0.39, 0.29) is 0 Å². The molecule has 2 N–H and O–H groups in total. The van der Waals surface area contributed by atoms with E-state index in [1.807, 2.05) is 18.3 Å². The van der Waals surface area contributed by atoms with Gasteiger partial charge in [0.2, 0.25) is 0 Å². The molecule has 0 aliphatic heterocycles. The van der Waals surface area contributed by atoms with Crippen LogP contribution in [0.5, 0.6) is 0 Å². The third-order valence-electron chi connectivity index (χ3n) is 2.64. The van der Waals surface area contributed by atoms with Crippen LogP contribution in [0.2, 0.25) is 0 Å². The number of hydrogen-bond acceptors (Lipinski definition) is 4. The van der Waals surface area contributed by atoms with E-state index in [9.17, 15) is 0 Å². The molecule has 0 spiro atoms. The smallest absolute Gasteiger partial charge is 0.159 e. The van der Waals surface area contributed by atoms with Gasteiger partial charge < -0.3 is 5.73 Å². The highest BCUT2D eigenvalue weighted by molar-refractivity contribution is 5.59. The maximum Gasteiger partial charge on any atom is 0.159 e. The summed E-state index contributed by atoms with van der Waals surface area (Å²) in [7, 11) is 0. The molecule has 4 heteroatoms. The minimum absolute atomic E-state index is 0.605. The number of rotatable bonds is 4. The van der Waals surface area contributed by atoms with E-state index in [0.717, 1.165) is 35.5 Å². The summed E-state index contributed by atoms with van der Waals surface area (Å²) in [5.74, 6) is 0.759. The van der Waals surface area contributed by atoms with Crippen molar-refractivity contribution in [2.24, 2.45) is 5.73 Å². The van der Waals surface area contributed by atoms with E-state index in [2.05, 4.69) is 21.9 Å². The molecule has 2 rings (SSSR count). The van der Waals surface area contributed by atoms with Crippen LogP contribution in [0.25, 0.3) is 11.4 Å². The largest absolute Gasteiger partial charge is 0.330 e. The molecule has 0 fully saturated rings. The van der Waals surface area contributed by atoms with Gasteiger partial charge in [0, 0.05) is 36.3 Å². The van der Waals surface area contributed by atoms with Crippen molar-refractivity contribution in [1.82, 2.24) is 15.0 Å². The van der Waals surface area contributed by atoms with Crippen molar-refractivity contribution in [3.63, 3.8) is 0 Å². The Hall–Kier alpha value is -1.81. The fourth-order valence-corrected chi connectivity index (χ4v) is 1.74. The van der Waals surface area contributed by atoms with E-state index < -0.39 is 0 Å². The molecule has 0 amide bonds. The summed E-state index contributed by atoms with van der Waals surface area (Å²) >= 11 is 0. The van der Waals surface area contributed by atoms with Gasteiger partial charge in [0.05, 0.1) is 0 Å². The number of nitrogens with two attached hydrogens (primary N) is 1. The minimum atomic E-state index is 0.605. The van der Waals surface area contributed by atoms with Crippen molar-refractivity contribution in [3.05, 3.63) is 42.0 Å². The second-order valence-corrected chi connectivity index (χ2v) is 3.80. The first-order valence-electron chi connectivity index (χ1n) is 5.80. The Morgan fingerprint density at radius 3 is 2.88 bits per heavy atom. The van der Waals surface area contributed by atoms with Crippen LogP contribution >= 0.6 is 0 Å². The molecule has 17 heavy (non-hydrogen) atoms. The third-order valence-corrected chi connectivity index (χ3v) is 2.64. The molecular formula is C13H16N4. The maximum atomic E-state index is 5.53. The fraction of sp³-hybridized carbons (Fsp3) is 0.308. The molecule has 0 saturated carbocycles. The predicted octanol–water partition coefficient (Wildman–Crippen LogP) is 1.60. The number of pyridine rings is 1. The lowest BCUT2D eigenvalue weighted by molar-refractivity contribution is 0.911. The third kappa shape index (κ3) is 2.65. The molecule has 4 nitrogen and oxygen atoms in total. The van der Waals surface area contributed by atoms with Crippen molar-refractivity contribution < 1.29 is 0 Å². The Labute approximate surface area is 101 Å². The summed E-state index contributed by atoms with van der Waals surface area (Å²) in [5.41, 5.74) is 8.74. The van der Waals surface area contributed by atoms with Gasteiger partial charge in [0.25, 0.3) is 0 Å². The molecule has 2 aromatic rings. The highest BCUT2D eigenvalue weighted by Crippen LogP contribution is 2.19. The Bertz CT molecular complexity index is 496. The number of nitrogens with zero attached hydrogens (tertiary/aromatic N) is 3. The molecular weight excluding hydrogens is 212 g/mol. The molecule has 0 aliphatic rings. The van der Waals surface area contributed by atoms with Crippen LogP contribution in [0.15, 0.2) is 30.7 Å². The summed E-state index contributed by atoms with van der Waals surface area (Å²) in [6.07, 6.45) is 7.13. The molecule has 0 aliphatic carbocycles. The zero-order chi connectivity index (χ0) is 12.1. The van der Waals surface area contributed by atoms with E-state index in [1.54, 1.807) is 12.4 Å². The van der Waals surface area contributed by atoms with Crippen LogP contribution in [-0.4, -0.2) is 21.5 Å². The van der Waals surface area contributed by atoms with Gasteiger partial charge in [-0.2, -0.15) is 0 Å². The summed E-state index contributed by atoms with van der Waals surface area (Å²) < 4.78 is 0. The molecule has 0 aromatic carbocycles. The van der Waals surface area contributed by atoms with E-state index in [4.69, 9.17) is 5.73 Å². The summed E-state index contributed by atoms with van der Waals surface area (Å²) in [5, 5.41) is 0. The second-order valence-electron chi connectivity index (χ2n) is 3.80. The van der Waals surface area contributed by atoms with Crippen LogP contribution in [0, 0.1) is 0 Å². The van der Waals surface area contributed by atoms with Gasteiger partial charge in [-0.05, 0) is 30.7 Å². The second kappa shape index (κ2) is 5.50. The Kier molecular flexibility index (Phi) is 3.77. The molecule has 2 heterocycles. The van der Waals surface area contributed by atoms with Crippen LogP contribution < -0.4 is 5.73 Å². The van der Waals surface area contributed by atoms with Gasteiger partial charge in [-0.1, -0.05) is 6.92 Å². The average molecular weight is 228 g/mol. The fourth-order valence-electron chi connectivity index (χ4n) is 1.74. The number of aromatic nitrogens is 3. The number of hydrogen-bond donors (Lipinski definition) is 1. The van der Waals surface area contributed by atoms with Crippen molar-refractivity contribution in [3.8, 4) is 11.4 Å². The van der Waals surface area contributed by atoms with Gasteiger partial charge in [0.1, 0.15) is 0 Å². The summed E-state index contributed by atoms with van der Waals surface area (Å²) in [6.45, 7) is 2.71. The zero-order valence-corrected chi connectivity index (χ0v) is 9.93. The van der Waals surface area contributed by atoms with Gasteiger partial charge in [-0.15, -0.1) is 0 Å². The van der Waals surface area contributed by atoms with Crippen molar-refractivity contribution in [2.45, 2.75) is 19.8 Å².